The third-order valence-corrected chi connectivity index (χ3v) is 3.44. The maximum atomic E-state index is 12.1. The lowest BCUT2D eigenvalue weighted by atomic mass is 10.2. The number of aromatic nitrogens is 3. The van der Waals surface area contributed by atoms with Gasteiger partial charge in [-0.2, -0.15) is 0 Å². The van der Waals surface area contributed by atoms with Gasteiger partial charge in [-0.15, -0.1) is 0 Å². The van der Waals surface area contributed by atoms with Gasteiger partial charge in [-0.25, -0.2) is 4.98 Å². The van der Waals surface area contributed by atoms with E-state index >= 15 is 0 Å². The second-order valence-electron chi connectivity index (χ2n) is 4.99. The molecule has 0 aliphatic carbocycles. The largest absolute Gasteiger partial charge is 0.399 e. The van der Waals surface area contributed by atoms with Crippen LogP contribution in [0.2, 0.25) is 0 Å². The van der Waals surface area contributed by atoms with Crippen LogP contribution in [-0.2, 0) is 13.5 Å². The Morgan fingerprint density at radius 1 is 1.43 bits per heavy atom. The summed E-state index contributed by atoms with van der Waals surface area (Å²) in [7, 11) is 1.94. The topological polar surface area (TPSA) is 88.7 Å². The summed E-state index contributed by atoms with van der Waals surface area (Å²) in [4.78, 5) is 19.4. The van der Waals surface area contributed by atoms with Crippen LogP contribution in [0.15, 0.2) is 36.7 Å². The molecule has 2 aromatic heterocycles. The quantitative estimate of drug-likeness (QED) is 0.633. The normalized spacial score (nSPS) is 10.9. The molecule has 0 saturated heterocycles. The Labute approximate surface area is 122 Å². The minimum absolute atomic E-state index is 0.126. The van der Waals surface area contributed by atoms with Crippen molar-refractivity contribution in [2.24, 2.45) is 7.05 Å². The summed E-state index contributed by atoms with van der Waals surface area (Å²) >= 11 is 0. The van der Waals surface area contributed by atoms with Crippen molar-refractivity contribution in [2.45, 2.75) is 6.42 Å². The van der Waals surface area contributed by atoms with Crippen molar-refractivity contribution in [1.82, 2.24) is 19.9 Å². The number of nitrogens with zero attached hydrogens (tertiary/aromatic N) is 2. The van der Waals surface area contributed by atoms with E-state index in [9.17, 15) is 4.79 Å². The summed E-state index contributed by atoms with van der Waals surface area (Å²) in [5, 5.41) is 3.82. The highest BCUT2D eigenvalue weighted by molar-refractivity contribution is 5.98. The number of fused-ring (bicyclic) bond motifs is 1. The fourth-order valence-electron chi connectivity index (χ4n) is 2.29. The van der Waals surface area contributed by atoms with Crippen LogP contribution in [-0.4, -0.2) is 27.0 Å². The monoisotopic (exact) mass is 283 g/mol. The molecule has 3 aromatic rings. The van der Waals surface area contributed by atoms with Gasteiger partial charge in [0.05, 0.1) is 0 Å². The highest BCUT2D eigenvalue weighted by atomic mass is 16.1. The van der Waals surface area contributed by atoms with Crippen LogP contribution in [0, 0.1) is 0 Å². The van der Waals surface area contributed by atoms with Crippen LogP contribution >= 0.6 is 0 Å². The first kappa shape index (κ1) is 13.2. The van der Waals surface area contributed by atoms with E-state index in [1.165, 1.54) is 0 Å². The molecule has 0 bridgehead atoms. The van der Waals surface area contributed by atoms with Gasteiger partial charge in [-0.05, 0) is 24.3 Å². The number of aryl methyl sites for hydroxylation is 1. The van der Waals surface area contributed by atoms with Crippen LogP contribution < -0.4 is 11.1 Å². The minimum atomic E-state index is -0.126. The fourth-order valence-corrected chi connectivity index (χ4v) is 2.29. The lowest BCUT2D eigenvalue weighted by Crippen LogP contribution is -2.26. The first-order valence-electron chi connectivity index (χ1n) is 6.76. The summed E-state index contributed by atoms with van der Waals surface area (Å²) in [5.41, 5.74) is 7.86. The summed E-state index contributed by atoms with van der Waals surface area (Å²) in [6, 6.07) is 7.33. The summed E-state index contributed by atoms with van der Waals surface area (Å²) in [6.45, 7) is 0.543. The zero-order valence-corrected chi connectivity index (χ0v) is 11.8. The molecule has 6 heteroatoms. The number of nitrogens with one attached hydrogen (secondary N) is 2. The molecule has 6 nitrogen and oxygen atoms in total. The summed E-state index contributed by atoms with van der Waals surface area (Å²) in [5.74, 6) is 0.818. The van der Waals surface area contributed by atoms with Crippen molar-refractivity contribution in [1.29, 1.82) is 0 Å². The average Bonchev–Trinajstić information content (AvgIpc) is 3.05. The van der Waals surface area contributed by atoms with E-state index in [1.54, 1.807) is 6.20 Å². The van der Waals surface area contributed by atoms with Crippen molar-refractivity contribution in [3.8, 4) is 0 Å². The Balaban J connectivity index is 1.65. The smallest absolute Gasteiger partial charge is 0.267 e. The number of carbonyl (C=O) groups is 1. The number of nitrogens with two attached hydrogens (primary N) is 1. The van der Waals surface area contributed by atoms with Crippen molar-refractivity contribution < 1.29 is 4.79 Å². The second-order valence-corrected chi connectivity index (χ2v) is 4.99. The van der Waals surface area contributed by atoms with Crippen molar-refractivity contribution in [3.63, 3.8) is 0 Å². The van der Waals surface area contributed by atoms with E-state index in [0.717, 1.165) is 16.7 Å². The molecule has 0 saturated carbocycles. The number of rotatable bonds is 4. The molecule has 0 unspecified atom stereocenters. The third-order valence-electron chi connectivity index (χ3n) is 3.44. The van der Waals surface area contributed by atoms with E-state index in [2.05, 4.69) is 15.3 Å². The van der Waals surface area contributed by atoms with Crippen molar-refractivity contribution in [3.05, 3.63) is 48.2 Å². The molecule has 4 N–H and O–H groups in total. The number of benzene rings is 1. The van der Waals surface area contributed by atoms with E-state index in [1.807, 2.05) is 42.1 Å². The maximum Gasteiger partial charge on any atom is 0.267 e. The van der Waals surface area contributed by atoms with Crippen LogP contribution in [0.4, 0.5) is 5.69 Å². The molecule has 108 valence electrons. The first-order chi connectivity index (χ1) is 10.1. The molecule has 0 aliphatic heterocycles. The van der Waals surface area contributed by atoms with Gasteiger partial charge in [-0.3, -0.25) is 4.79 Å². The van der Waals surface area contributed by atoms with Crippen LogP contribution in [0.1, 0.15) is 16.3 Å². The Bertz CT molecular complexity index is 786. The van der Waals surface area contributed by atoms with Crippen molar-refractivity contribution in [2.75, 3.05) is 12.3 Å². The summed E-state index contributed by atoms with van der Waals surface area (Å²) in [6.07, 6.45) is 4.33. The Hall–Kier alpha value is -2.76. The first-order valence-corrected chi connectivity index (χ1v) is 6.76. The number of imidazole rings is 1. The van der Waals surface area contributed by atoms with E-state index in [4.69, 9.17) is 5.73 Å². The number of hydrogen-bond acceptors (Lipinski definition) is 3. The predicted octanol–water partition coefficient (Wildman–Crippen LogP) is 1.46. The zero-order chi connectivity index (χ0) is 14.8. The highest BCUT2D eigenvalue weighted by Gasteiger charge is 2.09. The molecule has 1 aromatic carbocycles. The minimum Gasteiger partial charge on any atom is -0.399 e. The molecule has 2 heterocycles. The van der Waals surface area contributed by atoms with Crippen molar-refractivity contribution >= 4 is 22.5 Å². The molecule has 0 atom stereocenters. The van der Waals surface area contributed by atoms with Gasteiger partial charge < -0.3 is 20.6 Å². The second kappa shape index (κ2) is 5.32. The Morgan fingerprint density at radius 3 is 3.05 bits per heavy atom. The van der Waals surface area contributed by atoms with Crippen LogP contribution in [0.5, 0.6) is 0 Å². The van der Waals surface area contributed by atoms with E-state index in [0.29, 0.717) is 24.3 Å². The Morgan fingerprint density at radius 2 is 2.29 bits per heavy atom. The molecule has 0 aliphatic rings. The number of H-pyrrole nitrogens is 1. The van der Waals surface area contributed by atoms with Gasteiger partial charge in [0.15, 0.2) is 0 Å². The van der Waals surface area contributed by atoms with Gasteiger partial charge in [0, 0.05) is 49.0 Å². The summed E-state index contributed by atoms with van der Waals surface area (Å²) < 4.78 is 1.94. The molecular weight excluding hydrogens is 266 g/mol. The average molecular weight is 283 g/mol. The number of hydrogen-bond donors (Lipinski definition) is 3. The van der Waals surface area contributed by atoms with Gasteiger partial charge in [0.2, 0.25) is 0 Å². The molecule has 1 amide bonds. The number of nitrogen functional groups attached to an aromatic ring is 1. The van der Waals surface area contributed by atoms with E-state index in [-0.39, 0.29) is 5.91 Å². The maximum absolute atomic E-state index is 12.1. The van der Waals surface area contributed by atoms with Gasteiger partial charge in [0.1, 0.15) is 11.5 Å². The van der Waals surface area contributed by atoms with Gasteiger partial charge >= 0.3 is 0 Å². The van der Waals surface area contributed by atoms with Crippen LogP contribution in [0.3, 0.4) is 0 Å². The lowest BCUT2D eigenvalue weighted by Gasteiger charge is -2.04. The molecule has 0 fully saturated rings. The molecule has 21 heavy (non-hydrogen) atoms. The van der Waals surface area contributed by atoms with Gasteiger partial charge in [-0.1, -0.05) is 0 Å². The number of anilines is 1. The molecule has 0 radical (unpaired) electrons. The van der Waals surface area contributed by atoms with E-state index < -0.39 is 0 Å². The predicted molar refractivity (Wildman–Crippen MR) is 82.0 cm³/mol. The zero-order valence-electron chi connectivity index (χ0n) is 11.8. The SMILES string of the molecule is Cn1ccnc1CCNC(=O)c1cc2cc(N)ccc2[nH]1. The number of aromatic amines is 1. The number of carbonyl (C=O) groups excluding carboxylic acids is 1. The lowest BCUT2D eigenvalue weighted by molar-refractivity contribution is 0.0950. The van der Waals surface area contributed by atoms with Gasteiger partial charge in [0.25, 0.3) is 5.91 Å². The third kappa shape index (κ3) is 2.74. The standard InChI is InChI=1S/C15H17N5O/c1-20-7-6-17-14(20)4-5-18-15(21)13-9-10-8-11(16)2-3-12(10)19-13/h2-3,6-9,19H,4-5,16H2,1H3,(H,18,21). The van der Waals surface area contributed by atoms with Crippen LogP contribution in [0.25, 0.3) is 10.9 Å². The fraction of sp³-hybridized carbons (Fsp3) is 0.200. The number of amides is 1. The molecule has 0 spiro atoms. The molecule has 3 rings (SSSR count). The highest BCUT2D eigenvalue weighted by Crippen LogP contribution is 2.18. The Kier molecular flexibility index (Phi) is 3.35. The molecular formula is C15H17N5O.